The second kappa shape index (κ2) is 8.66. The molecule has 0 amide bonds. The molecule has 0 N–H and O–H groups in total. The summed E-state index contributed by atoms with van der Waals surface area (Å²) >= 11 is 0. The standard InChI is InChI=1S/C30H23F3N2/c1-29(2,27-15-7-13-25(34-27)21-10-6-11-22(19-21)30(31,32)33)28-16-8-14-26(35-28)24-18-17-20-9-4-3-5-12-23(20)24/h3-19H,1-2H3. The molecule has 0 saturated carbocycles. The van der Waals surface area contributed by atoms with E-state index in [0.717, 1.165) is 45.9 Å². The molecule has 2 nitrogen and oxygen atoms in total. The van der Waals surface area contributed by atoms with Crippen LogP contribution in [0, 0.1) is 0 Å². The summed E-state index contributed by atoms with van der Waals surface area (Å²) in [7, 11) is 0. The number of fused-ring (bicyclic) bond motifs is 1. The van der Waals surface area contributed by atoms with E-state index >= 15 is 0 Å². The van der Waals surface area contributed by atoms with Gasteiger partial charge in [0.1, 0.15) is 0 Å². The summed E-state index contributed by atoms with van der Waals surface area (Å²) in [6, 6.07) is 31.0. The molecule has 5 heteroatoms. The molecule has 2 aliphatic rings. The lowest BCUT2D eigenvalue weighted by atomic mass is 9.84. The van der Waals surface area contributed by atoms with Gasteiger partial charge in [0, 0.05) is 16.5 Å². The Morgan fingerprint density at radius 3 is 1.91 bits per heavy atom. The average Bonchev–Trinajstić information content (AvgIpc) is 3.12. The first-order valence-corrected chi connectivity index (χ1v) is 11.3. The fourth-order valence-corrected chi connectivity index (χ4v) is 4.30. The summed E-state index contributed by atoms with van der Waals surface area (Å²) in [5.74, 6) is 0. The van der Waals surface area contributed by atoms with Gasteiger partial charge in [0.25, 0.3) is 0 Å². The van der Waals surface area contributed by atoms with Gasteiger partial charge in [-0.3, -0.25) is 9.97 Å². The molecule has 0 saturated heterocycles. The van der Waals surface area contributed by atoms with Crippen LogP contribution in [0.3, 0.4) is 0 Å². The lowest BCUT2D eigenvalue weighted by molar-refractivity contribution is -0.137. The summed E-state index contributed by atoms with van der Waals surface area (Å²) in [6.07, 6.45) is -4.40. The largest absolute Gasteiger partial charge is 0.416 e. The third kappa shape index (κ3) is 4.42. The van der Waals surface area contributed by atoms with Gasteiger partial charge >= 0.3 is 6.18 Å². The van der Waals surface area contributed by atoms with Crippen molar-refractivity contribution in [2.24, 2.45) is 0 Å². The van der Waals surface area contributed by atoms with Crippen LogP contribution in [0.2, 0.25) is 0 Å². The predicted octanol–water partition coefficient (Wildman–Crippen LogP) is 8.26. The molecule has 3 aromatic rings. The van der Waals surface area contributed by atoms with Gasteiger partial charge in [0.15, 0.2) is 0 Å². The molecular weight excluding hydrogens is 445 g/mol. The Kier molecular flexibility index (Phi) is 5.64. The van der Waals surface area contributed by atoms with Gasteiger partial charge in [-0.25, -0.2) is 0 Å². The third-order valence-electron chi connectivity index (χ3n) is 6.33. The lowest BCUT2D eigenvalue weighted by Crippen LogP contribution is -2.22. The quantitative estimate of drug-likeness (QED) is 0.265. The van der Waals surface area contributed by atoms with Crippen molar-refractivity contribution in [3.63, 3.8) is 0 Å². The van der Waals surface area contributed by atoms with Gasteiger partial charge in [0.05, 0.1) is 28.3 Å². The molecule has 0 spiro atoms. The zero-order valence-corrected chi connectivity index (χ0v) is 19.3. The molecule has 2 aliphatic carbocycles. The maximum atomic E-state index is 13.2. The summed E-state index contributed by atoms with van der Waals surface area (Å²) in [5.41, 5.74) is 5.42. The first-order valence-electron chi connectivity index (χ1n) is 11.3. The van der Waals surface area contributed by atoms with E-state index in [9.17, 15) is 13.2 Å². The molecule has 0 atom stereocenters. The summed E-state index contributed by atoms with van der Waals surface area (Å²) in [5, 5.41) is 0. The SMILES string of the molecule is CC(C)(c1cccc(-c2cccc(C(F)(F)F)c2)n1)c1cccc(-c2ccc3cccccc2-3)n1. The summed E-state index contributed by atoms with van der Waals surface area (Å²) < 4.78 is 39.7. The Morgan fingerprint density at radius 1 is 0.543 bits per heavy atom. The highest BCUT2D eigenvalue weighted by atomic mass is 19.4. The predicted molar refractivity (Wildman–Crippen MR) is 133 cm³/mol. The smallest absolute Gasteiger partial charge is 0.252 e. The van der Waals surface area contributed by atoms with Gasteiger partial charge < -0.3 is 0 Å². The molecule has 0 bridgehead atoms. The van der Waals surface area contributed by atoms with Crippen LogP contribution in [0.4, 0.5) is 13.2 Å². The first-order chi connectivity index (χ1) is 16.7. The number of rotatable bonds is 4. The number of alkyl halides is 3. The van der Waals surface area contributed by atoms with Crippen molar-refractivity contribution in [2.75, 3.05) is 0 Å². The molecule has 0 radical (unpaired) electrons. The maximum Gasteiger partial charge on any atom is 0.416 e. The van der Waals surface area contributed by atoms with E-state index in [-0.39, 0.29) is 0 Å². The fourth-order valence-electron chi connectivity index (χ4n) is 4.30. The van der Waals surface area contributed by atoms with Crippen LogP contribution in [0.15, 0.2) is 103 Å². The molecular formula is C30H23F3N2. The minimum absolute atomic E-state index is 0.426. The number of aromatic nitrogens is 2. The van der Waals surface area contributed by atoms with Crippen molar-refractivity contribution in [1.82, 2.24) is 9.97 Å². The van der Waals surface area contributed by atoms with Crippen LogP contribution >= 0.6 is 0 Å². The van der Waals surface area contributed by atoms with Crippen LogP contribution in [-0.4, -0.2) is 9.97 Å². The molecule has 0 fully saturated rings. The first kappa shape index (κ1) is 22.8. The number of nitrogens with zero attached hydrogens (tertiary/aromatic N) is 2. The monoisotopic (exact) mass is 468 g/mol. The lowest BCUT2D eigenvalue weighted by Gasteiger charge is -2.25. The normalized spacial score (nSPS) is 12.1. The van der Waals surface area contributed by atoms with Crippen molar-refractivity contribution in [3.8, 4) is 33.6 Å². The van der Waals surface area contributed by atoms with E-state index in [1.807, 2.05) is 62.4 Å². The number of benzene rings is 1. The van der Waals surface area contributed by atoms with Crippen LogP contribution in [0.5, 0.6) is 0 Å². The van der Waals surface area contributed by atoms with Gasteiger partial charge in [-0.1, -0.05) is 66.7 Å². The molecule has 0 aliphatic heterocycles. The molecule has 35 heavy (non-hydrogen) atoms. The highest BCUT2D eigenvalue weighted by molar-refractivity contribution is 5.84. The van der Waals surface area contributed by atoms with E-state index in [4.69, 9.17) is 9.97 Å². The third-order valence-corrected chi connectivity index (χ3v) is 6.33. The minimum atomic E-state index is -4.40. The van der Waals surface area contributed by atoms with Crippen molar-refractivity contribution in [3.05, 3.63) is 120 Å². The van der Waals surface area contributed by atoms with Crippen LogP contribution in [0.1, 0.15) is 30.8 Å². The highest BCUT2D eigenvalue weighted by Gasteiger charge is 2.31. The van der Waals surface area contributed by atoms with Gasteiger partial charge in [0.2, 0.25) is 0 Å². The van der Waals surface area contributed by atoms with E-state index in [1.165, 1.54) is 6.07 Å². The Morgan fingerprint density at radius 2 is 1.17 bits per heavy atom. The van der Waals surface area contributed by atoms with E-state index < -0.39 is 17.2 Å². The summed E-state index contributed by atoms with van der Waals surface area (Å²) in [4.78, 5) is 9.75. The van der Waals surface area contributed by atoms with E-state index in [1.54, 1.807) is 12.1 Å². The number of pyridine rings is 2. The zero-order valence-electron chi connectivity index (χ0n) is 19.3. The van der Waals surface area contributed by atoms with Gasteiger partial charge in [-0.2, -0.15) is 13.2 Å². The Balaban J connectivity index is 1.53. The van der Waals surface area contributed by atoms with Crippen molar-refractivity contribution < 1.29 is 13.2 Å². The zero-order chi connectivity index (χ0) is 24.6. The second-order valence-corrected chi connectivity index (χ2v) is 9.05. The second-order valence-electron chi connectivity index (χ2n) is 9.05. The highest BCUT2D eigenvalue weighted by Crippen LogP contribution is 2.37. The number of hydrogen-bond donors (Lipinski definition) is 0. The van der Waals surface area contributed by atoms with Crippen molar-refractivity contribution in [1.29, 1.82) is 0 Å². The Labute approximate surface area is 202 Å². The topological polar surface area (TPSA) is 25.8 Å². The van der Waals surface area contributed by atoms with Crippen molar-refractivity contribution in [2.45, 2.75) is 25.4 Å². The Bertz CT molecular complexity index is 1470. The van der Waals surface area contributed by atoms with Crippen LogP contribution < -0.4 is 0 Å². The van der Waals surface area contributed by atoms with E-state index in [2.05, 4.69) is 24.3 Å². The average molecular weight is 469 g/mol. The van der Waals surface area contributed by atoms with Gasteiger partial charge in [-0.05, 0) is 61.4 Å². The van der Waals surface area contributed by atoms with Crippen LogP contribution in [0.25, 0.3) is 33.6 Å². The summed E-state index contributed by atoms with van der Waals surface area (Å²) in [6.45, 7) is 4.06. The molecule has 2 heterocycles. The number of halogens is 3. The molecule has 174 valence electrons. The molecule has 2 aromatic heterocycles. The maximum absolute atomic E-state index is 13.2. The van der Waals surface area contributed by atoms with Crippen molar-refractivity contribution >= 4 is 0 Å². The van der Waals surface area contributed by atoms with Gasteiger partial charge in [-0.15, -0.1) is 0 Å². The van der Waals surface area contributed by atoms with E-state index in [0.29, 0.717) is 11.3 Å². The fraction of sp³-hybridized carbons (Fsp3) is 0.133. The molecule has 0 unspecified atom stereocenters. The van der Waals surface area contributed by atoms with Crippen LogP contribution in [-0.2, 0) is 11.6 Å². The molecule has 5 rings (SSSR count). The molecule has 1 aromatic carbocycles. The number of hydrogen-bond acceptors (Lipinski definition) is 2. The Hall–Kier alpha value is -3.99. The minimum Gasteiger partial charge on any atom is -0.252 e.